The summed E-state index contributed by atoms with van der Waals surface area (Å²) in [5.74, 6) is 0.478. The van der Waals surface area contributed by atoms with Gasteiger partial charge in [-0.2, -0.15) is 10.2 Å². The van der Waals surface area contributed by atoms with Crippen LogP contribution in [0.4, 0.5) is 0 Å². The third kappa shape index (κ3) is 2.92. The van der Waals surface area contributed by atoms with Crippen LogP contribution >= 0.6 is 0 Å². The van der Waals surface area contributed by atoms with Crippen molar-refractivity contribution in [2.24, 2.45) is 5.92 Å². The highest BCUT2D eigenvalue weighted by atomic mass is 16.5. The van der Waals surface area contributed by atoms with Gasteiger partial charge in [-0.05, 0) is 31.9 Å². The van der Waals surface area contributed by atoms with E-state index < -0.39 is 0 Å². The van der Waals surface area contributed by atoms with E-state index in [1.165, 1.54) is 0 Å². The van der Waals surface area contributed by atoms with E-state index in [1.807, 2.05) is 13.0 Å². The number of hydrogen-bond donors (Lipinski definition) is 1. The fourth-order valence-corrected chi connectivity index (χ4v) is 1.91. The zero-order chi connectivity index (χ0) is 12.3. The van der Waals surface area contributed by atoms with Crippen LogP contribution in [0.15, 0.2) is 6.07 Å². The van der Waals surface area contributed by atoms with Gasteiger partial charge in [-0.15, -0.1) is 0 Å². The lowest BCUT2D eigenvalue weighted by Gasteiger charge is -2.29. The first-order valence-corrected chi connectivity index (χ1v) is 5.82. The largest absolute Gasteiger partial charge is 0.458 e. The van der Waals surface area contributed by atoms with Crippen LogP contribution in [0.5, 0.6) is 6.01 Å². The second-order valence-corrected chi connectivity index (χ2v) is 4.42. The molecule has 0 amide bonds. The van der Waals surface area contributed by atoms with E-state index in [0.717, 1.165) is 25.2 Å². The van der Waals surface area contributed by atoms with Crippen molar-refractivity contribution in [3.05, 3.63) is 17.5 Å². The van der Waals surface area contributed by atoms with Crippen LogP contribution < -0.4 is 10.1 Å². The normalized spacial score (nSPS) is 24.1. The van der Waals surface area contributed by atoms with Gasteiger partial charge in [0.05, 0.1) is 0 Å². The van der Waals surface area contributed by atoms with E-state index in [9.17, 15) is 0 Å². The Kier molecular flexibility index (Phi) is 3.55. The molecule has 0 bridgehead atoms. The molecule has 2 unspecified atom stereocenters. The standard InChI is InChI=1S/C12H16N4O/c1-8-3-4-14-7-11(8)17-12-15-9(2)5-10(6-13)16-12/h5,8,11,14H,3-4,7H2,1-2H3. The first-order valence-electron chi connectivity index (χ1n) is 5.82. The van der Waals surface area contributed by atoms with E-state index >= 15 is 0 Å². The van der Waals surface area contributed by atoms with Gasteiger partial charge in [-0.25, -0.2) is 4.98 Å². The molecule has 1 aliphatic heterocycles. The summed E-state index contributed by atoms with van der Waals surface area (Å²) in [5, 5.41) is 12.1. The zero-order valence-corrected chi connectivity index (χ0v) is 10.1. The average Bonchev–Trinajstić information content (AvgIpc) is 2.31. The number of aryl methyl sites for hydroxylation is 1. The van der Waals surface area contributed by atoms with Gasteiger partial charge in [0.1, 0.15) is 17.9 Å². The molecule has 1 aromatic rings. The van der Waals surface area contributed by atoms with Crippen molar-refractivity contribution in [2.75, 3.05) is 13.1 Å². The molecule has 0 spiro atoms. The number of hydrogen-bond acceptors (Lipinski definition) is 5. The average molecular weight is 232 g/mol. The van der Waals surface area contributed by atoms with Crippen molar-refractivity contribution in [1.29, 1.82) is 5.26 Å². The van der Waals surface area contributed by atoms with Gasteiger partial charge in [0.15, 0.2) is 0 Å². The van der Waals surface area contributed by atoms with E-state index in [-0.39, 0.29) is 6.10 Å². The predicted octanol–water partition coefficient (Wildman–Crippen LogP) is 1.03. The summed E-state index contributed by atoms with van der Waals surface area (Å²) in [6.07, 6.45) is 1.17. The Balaban J connectivity index is 2.12. The van der Waals surface area contributed by atoms with Crippen LogP contribution in [0.25, 0.3) is 0 Å². The monoisotopic (exact) mass is 232 g/mol. The number of ether oxygens (including phenoxy) is 1. The van der Waals surface area contributed by atoms with E-state index in [1.54, 1.807) is 6.07 Å². The Morgan fingerprint density at radius 2 is 2.35 bits per heavy atom. The summed E-state index contributed by atoms with van der Waals surface area (Å²) >= 11 is 0. The molecule has 0 aromatic carbocycles. The predicted molar refractivity (Wildman–Crippen MR) is 62.6 cm³/mol. The highest BCUT2D eigenvalue weighted by Gasteiger charge is 2.23. The third-order valence-electron chi connectivity index (χ3n) is 2.96. The lowest BCUT2D eigenvalue weighted by Crippen LogP contribution is -2.43. The fraction of sp³-hybridized carbons (Fsp3) is 0.583. The molecule has 5 heteroatoms. The number of rotatable bonds is 2. The van der Waals surface area contributed by atoms with Gasteiger partial charge in [0.25, 0.3) is 0 Å². The molecule has 0 radical (unpaired) electrons. The Morgan fingerprint density at radius 3 is 3.06 bits per heavy atom. The van der Waals surface area contributed by atoms with Crippen molar-refractivity contribution >= 4 is 0 Å². The first kappa shape index (κ1) is 11.8. The van der Waals surface area contributed by atoms with Crippen molar-refractivity contribution in [3.8, 4) is 12.1 Å². The summed E-state index contributed by atoms with van der Waals surface area (Å²) in [7, 11) is 0. The molecule has 5 nitrogen and oxygen atoms in total. The number of nitrogens with one attached hydrogen (secondary N) is 1. The van der Waals surface area contributed by atoms with Gasteiger partial charge in [-0.3, -0.25) is 0 Å². The Labute approximate surface area is 101 Å². The van der Waals surface area contributed by atoms with Gasteiger partial charge in [0.2, 0.25) is 0 Å². The molecule has 1 aliphatic rings. The minimum absolute atomic E-state index is 0.0806. The van der Waals surface area contributed by atoms with Crippen LogP contribution in [-0.4, -0.2) is 29.2 Å². The maximum Gasteiger partial charge on any atom is 0.318 e. The summed E-state index contributed by atoms with van der Waals surface area (Å²) in [6.45, 7) is 5.82. The SMILES string of the molecule is Cc1cc(C#N)nc(OC2CNCCC2C)n1. The lowest BCUT2D eigenvalue weighted by atomic mass is 9.97. The van der Waals surface area contributed by atoms with Gasteiger partial charge < -0.3 is 10.1 Å². The van der Waals surface area contributed by atoms with E-state index in [4.69, 9.17) is 10.00 Å². The maximum absolute atomic E-state index is 8.84. The molecule has 2 atom stereocenters. The summed E-state index contributed by atoms with van der Waals surface area (Å²) < 4.78 is 5.76. The highest BCUT2D eigenvalue weighted by Crippen LogP contribution is 2.17. The third-order valence-corrected chi connectivity index (χ3v) is 2.96. The molecule has 1 aromatic heterocycles. The topological polar surface area (TPSA) is 70.8 Å². The van der Waals surface area contributed by atoms with Crippen LogP contribution in [-0.2, 0) is 0 Å². The van der Waals surface area contributed by atoms with Crippen molar-refractivity contribution in [1.82, 2.24) is 15.3 Å². The number of aromatic nitrogens is 2. The molecule has 2 heterocycles. The molecule has 0 saturated carbocycles. The molecule has 1 N–H and O–H groups in total. The molecule has 0 aliphatic carbocycles. The first-order chi connectivity index (χ1) is 8.19. The Hall–Kier alpha value is -1.67. The van der Waals surface area contributed by atoms with E-state index in [2.05, 4.69) is 22.2 Å². The second kappa shape index (κ2) is 5.11. The maximum atomic E-state index is 8.84. The fourth-order valence-electron chi connectivity index (χ4n) is 1.91. The highest BCUT2D eigenvalue weighted by molar-refractivity contribution is 5.23. The minimum atomic E-state index is 0.0806. The lowest BCUT2D eigenvalue weighted by molar-refractivity contribution is 0.104. The van der Waals surface area contributed by atoms with Crippen LogP contribution in [0.2, 0.25) is 0 Å². The Bertz CT molecular complexity index is 441. The quantitative estimate of drug-likeness (QED) is 0.824. The van der Waals surface area contributed by atoms with Gasteiger partial charge in [-0.1, -0.05) is 6.92 Å². The number of piperidine rings is 1. The Morgan fingerprint density at radius 1 is 1.53 bits per heavy atom. The van der Waals surface area contributed by atoms with Crippen molar-refractivity contribution < 1.29 is 4.74 Å². The van der Waals surface area contributed by atoms with Crippen LogP contribution in [0.1, 0.15) is 24.7 Å². The molecule has 17 heavy (non-hydrogen) atoms. The number of nitrogens with zero attached hydrogens (tertiary/aromatic N) is 3. The second-order valence-electron chi connectivity index (χ2n) is 4.42. The summed E-state index contributed by atoms with van der Waals surface area (Å²) in [6, 6.07) is 3.97. The van der Waals surface area contributed by atoms with Crippen molar-refractivity contribution in [2.45, 2.75) is 26.4 Å². The van der Waals surface area contributed by atoms with Crippen LogP contribution in [0, 0.1) is 24.2 Å². The zero-order valence-electron chi connectivity index (χ0n) is 10.1. The molecule has 1 fully saturated rings. The minimum Gasteiger partial charge on any atom is -0.458 e. The molecular weight excluding hydrogens is 216 g/mol. The summed E-state index contributed by atoms with van der Waals surface area (Å²) in [4.78, 5) is 8.26. The van der Waals surface area contributed by atoms with Crippen LogP contribution in [0.3, 0.4) is 0 Å². The van der Waals surface area contributed by atoms with Gasteiger partial charge in [0, 0.05) is 12.2 Å². The van der Waals surface area contributed by atoms with Gasteiger partial charge >= 0.3 is 6.01 Å². The molecular formula is C12H16N4O. The van der Waals surface area contributed by atoms with E-state index in [0.29, 0.717) is 17.6 Å². The number of nitriles is 1. The van der Waals surface area contributed by atoms with Crippen molar-refractivity contribution in [3.63, 3.8) is 0 Å². The summed E-state index contributed by atoms with van der Waals surface area (Å²) in [5.41, 5.74) is 1.10. The molecule has 1 saturated heterocycles. The molecule has 2 rings (SSSR count). The smallest absolute Gasteiger partial charge is 0.318 e. The molecule has 90 valence electrons.